The highest BCUT2D eigenvalue weighted by Gasteiger charge is 2.27. The SMILES string of the molecule is CC(C)(C)C1CC=C(N2CCCCCC2)CC1. The summed E-state index contributed by atoms with van der Waals surface area (Å²) in [6, 6.07) is 0. The molecule has 1 saturated heterocycles. The molecule has 0 bridgehead atoms. The highest BCUT2D eigenvalue weighted by molar-refractivity contribution is 5.07. The maximum atomic E-state index is 2.67. The fraction of sp³-hybridized carbons (Fsp3) is 0.875. The first kappa shape index (κ1) is 13.0. The van der Waals surface area contributed by atoms with Crippen LogP contribution >= 0.6 is 0 Å². The van der Waals surface area contributed by atoms with Crippen molar-refractivity contribution in [2.45, 2.75) is 65.7 Å². The largest absolute Gasteiger partial charge is 0.375 e. The Labute approximate surface area is 107 Å². The lowest BCUT2D eigenvalue weighted by atomic mass is 9.74. The van der Waals surface area contributed by atoms with Crippen LogP contribution < -0.4 is 0 Å². The molecule has 0 aromatic carbocycles. The molecule has 1 aliphatic heterocycles. The monoisotopic (exact) mass is 235 g/mol. The topological polar surface area (TPSA) is 3.24 Å². The van der Waals surface area contributed by atoms with Crippen molar-refractivity contribution in [2.24, 2.45) is 11.3 Å². The van der Waals surface area contributed by atoms with Crippen LogP contribution in [0.25, 0.3) is 0 Å². The second-order valence-electron chi connectivity index (χ2n) is 6.93. The highest BCUT2D eigenvalue weighted by atomic mass is 15.1. The molecule has 1 fully saturated rings. The van der Waals surface area contributed by atoms with Crippen molar-refractivity contribution in [3.05, 3.63) is 11.8 Å². The van der Waals surface area contributed by atoms with Crippen LogP contribution in [-0.2, 0) is 0 Å². The fourth-order valence-corrected chi connectivity index (χ4v) is 3.25. The van der Waals surface area contributed by atoms with Gasteiger partial charge >= 0.3 is 0 Å². The Balaban J connectivity index is 1.93. The Bertz CT molecular complexity index is 264. The van der Waals surface area contributed by atoms with Gasteiger partial charge < -0.3 is 4.90 Å². The lowest BCUT2D eigenvalue weighted by Crippen LogP contribution is -2.29. The van der Waals surface area contributed by atoms with E-state index in [2.05, 4.69) is 31.7 Å². The zero-order valence-corrected chi connectivity index (χ0v) is 12.0. The van der Waals surface area contributed by atoms with Gasteiger partial charge in [-0.3, -0.25) is 0 Å². The lowest BCUT2D eigenvalue weighted by Gasteiger charge is -2.36. The van der Waals surface area contributed by atoms with E-state index in [9.17, 15) is 0 Å². The molecule has 1 heterocycles. The molecule has 1 unspecified atom stereocenters. The molecule has 1 nitrogen and oxygen atoms in total. The van der Waals surface area contributed by atoms with Gasteiger partial charge in [-0.05, 0) is 43.4 Å². The molecule has 17 heavy (non-hydrogen) atoms. The number of rotatable bonds is 1. The first-order valence-corrected chi connectivity index (χ1v) is 7.51. The number of hydrogen-bond donors (Lipinski definition) is 0. The van der Waals surface area contributed by atoms with Crippen molar-refractivity contribution in [1.29, 1.82) is 0 Å². The van der Waals surface area contributed by atoms with Crippen LogP contribution in [0.1, 0.15) is 65.7 Å². The second kappa shape index (κ2) is 5.46. The molecule has 1 heteroatoms. The van der Waals surface area contributed by atoms with Crippen molar-refractivity contribution >= 4 is 0 Å². The summed E-state index contributed by atoms with van der Waals surface area (Å²) in [7, 11) is 0. The van der Waals surface area contributed by atoms with E-state index in [4.69, 9.17) is 0 Å². The first-order chi connectivity index (χ1) is 8.07. The first-order valence-electron chi connectivity index (χ1n) is 7.51. The van der Waals surface area contributed by atoms with Gasteiger partial charge in [0.15, 0.2) is 0 Å². The van der Waals surface area contributed by atoms with Crippen LogP contribution in [0.15, 0.2) is 11.8 Å². The minimum Gasteiger partial charge on any atom is -0.375 e. The molecule has 0 saturated carbocycles. The molecule has 0 radical (unpaired) electrons. The Morgan fingerprint density at radius 1 is 1.06 bits per heavy atom. The lowest BCUT2D eigenvalue weighted by molar-refractivity contribution is 0.206. The maximum absolute atomic E-state index is 2.67. The molecule has 1 atom stereocenters. The van der Waals surface area contributed by atoms with E-state index in [0.29, 0.717) is 5.41 Å². The van der Waals surface area contributed by atoms with Crippen molar-refractivity contribution in [3.8, 4) is 0 Å². The third-order valence-electron chi connectivity index (χ3n) is 4.62. The molecular formula is C16H29N. The van der Waals surface area contributed by atoms with Crippen LogP contribution in [-0.4, -0.2) is 18.0 Å². The van der Waals surface area contributed by atoms with E-state index < -0.39 is 0 Å². The average Bonchev–Trinajstić information content (AvgIpc) is 2.56. The summed E-state index contributed by atoms with van der Waals surface area (Å²) in [5, 5.41) is 0. The predicted octanol–water partition coefficient (Wildman–Crippen LogP) is 4.59. The molecule has 0 aromatic rings. The quantitative estimate of drug-likeness (QED) is 0.642. The van der Waals surface area contributed by atoms with Crippen LogP contribution in [0.2, 0.25) is 0 Å². The molecule has 1 aliphatic carbocycles. The average molecular weight is 235 g/mol. The van der Waals surface area contributed by atoms with E-state index in [1.54, 1.807) is 5.70 Å². The summed E-state index contributed by atoms with van der Waals surface area (Å²) in [6.07, 6.45) is 12.2. The van der Waals surface area contributed by atoms with Crippen molar-refractivity contribution in [1.82, 2.24) is 4.90 Å². The van der Waals surface area contributed by atoms with Gasteiger partial charge in [-0.2, -0.15) is 0 Å². The second-order valence-corrected chi connectivity index (χ2v) is 6.93. The predicted molar refractivity (Wildman–Crippen MR) is 74.9 cm³/mol. The van der Waals surface area contributed by atoms with Gasteiger partial charge in [0.1, 0.15) is 0 Å². The normalized spacial score (nSPS) is 27.6. The van der Waals surface area contributed by atoms with Gasteiger partial charge in [0.25, 0.3) is 0 Å². The molecule has 0 N–H and O–H groups in total. The van der Waals surface area contributed by atoms with Crippen LogP contribution in [0.4, 0.5) is 0 Å². The molecule has 2 rings (SSSR count). The zero-order valence-electron chi connectivity index (χ0n) is 12.0. The van der Waals surface area contributed by atoms with Crippen molar-refractivity contribution < 1.29 is 0 Å². The Hall–Kier alpha value is -0.460. The van der Waals surface area contributed by atoms with Gasteiger partial charge in [-0.25, -0.2) is 0 Å². The maximum Gasteiger partial charge on any atom is 0.0174 e. The summed E-state index contributed by atoms with van der Waals surface area (Å²) in [4.78, 5) is 2.67. The molecule has 98 valence electrons. The molecule has 0 spiro atoms. The fourth-order valence-electron chi connectivity index (χ4n) is 3.25. The minimum absolute atomic E-state index is 0.487. The van der Waals surface area contributed by atoms with E-state index in [0.717, 1.165) is 5.92 Å². The molecular weight excluding hydrogens is 206 g/mol. The molecule has 0 aromatic heterocycles. The van der Waals surface area contributed by atoms with Crippen LogP contribution in [0.5, 0.6) is 0 Å². The summed E-state index contributed by atoms with van der Waals surface area (Å²) >= 11 is 0. The van der Waals surface area contributed by atoms with Crippen LogP contribution in [0.3, 0.4) is 0 Å². The number of nitrogens with zero attached hydrogens (tertiary/aromatic N) is 1. The smallest absolute Gasteiger partial charge is 0.0174 e. The Morgan fingerprint density at radius 3 is 2.18 bits per heavy atom. The number of likely N-dealkylation sites (tertiary alicyclic amines) is 1. The van der Waals surface area contributed by atoms with E-state index >= 15 is 0 Å². The Morgan fingerprint density at radius 2 is 1.71 bits per heavy atom. The van der Waals surface area contributed by atoms with Gasteiger partial charge in [-0.1, -0.05) is 39.7 Å². The minimum atomic E-state index is 0.487. The van der Waals surface area contributed by atoms with E-state index in [1.165, 1.54) is 58.0 Å². The van der Waals surface area contributed by atoms with Crippen LogP contribution in [0, 0.1) is 11.3 Å². The number of allylic oxidation sites excluding steroid dienone is 2. The van der Waals surface area contributed by atoms with Crippen molar-refractivity contribution in [3.63, 3.8) is 0 Å². The Kier molecular flexibility index (Phi) is 4.17. The standard InChI is InChI=1S/C16H29N/c1-16(2,3)14-8-10-15(11-9-14)17-12-6-4-5-7-13-17/h10,14H,4-9,11-13H2,1-3H3. The van der Waals surface area contributed by atoms with Crippen molar-refractivity contribution in [2.75, 3.05) is 13.1 Å². The molecule has 2 aliphatic rings. The summed E-state index contributed by atoms with van der Waals surface area (Å²) < 4.78 is 0. The summed E-state index contributed by atoms with van der Waals surface area (Å²) in [5.74, 6) is 0.887. The van der Waals surface area contributed by atoms with Gasteiger partial charge in [0.05, 0.1) is 0 Å². The van der Waals surface area contributed by atoms with Gasteiger partial charge in [0, 0.05) is 18.8 Å². The number of hydrogen-bond acceptors (Lipinski definition) is 1. The highest BCUT2D eigenvalue weighted by Crippen LogP contribution is 2.38. The molecule has 0 amide bonds. The third-order valence-corrected chi connectivity index (χ3v) is 4.62. The summed E-state index contributed by atoms with van der Waals surface area (Å²) in [5.41, 5.74) is 2.15. The third kappa shape index (κ3) is 3.50. The zero-order chi connectivity index (χ0) is 12.3. The van der Waals surface area contributed by atoms with E-state index in [1.807, 2.05) is 0 Å². The van der Waals surface area contributed by atoms with Gasteiger partial charge in [0.2, 0.25) is 0 Å². The summed E-state index contributed by atoms with van der Waals surface area (Å²) in [6.45, 7) is 9.80. The van der Waals surface area contributed by atoms with Gasteiger partial charge in [-0.15, -0.1) is 0 Å². The van der Waals surface area contributed by atoms with E-state index in [-0.39, 0.29) is 0 Å².